The van der Waals surface area contributed by atoms with Crippen LogP contribution in [0.25, 0.3) is 0 Å². The number of halogens is 2. The number of rotatable bonds is 6. The maximum absolute atomic E-state index is 12.6. The largest absolute Gasteiger partial charge is 0.465 e. The molecule has 26 heavy (non-hydrogen) atoms. The van der Waals surface area contributed by atoms with Gasteiger partial charge in [-0.05, 0) is 24.3 Å². The first-order valence-electron chi connectivity index (χ1n) is 7.54. The highest BCUT2D eigenvalue weighted by atomic mass is 32.2. The van der Waals surface area contributed by atoms with Gasteiger partial charge in [-0.25, -0.2) is 18.4 Å². The summed E-state index contributed by atoms with van der Waals surface area (Å²) in [7, 11) is 2.39. The fourth-order valence-corrected chi connectivity index (χ4v) is 3.08. The first kappa shape index (κ1) is 19.7. The molecule has 1 aromatic rings. The number of hydrogen-bond acceptors (Lipinski definition) is 6. The molecule has 0 atom stereocenters. The highest BCUT2D eigenvalue weighted by Gasteiger charge is 2.28. The van der Waals surface area contributed by atoms with Crippen LogP contribution in [0.5, 0.6) is 0 Å². The Morgan fingerprint density at radius 2 is 1.81 bits per heavy atom. The van der Waals surface area contributed by atoms with Crippen LogP contribution in [0, 0.1) is 0 Å². The molecule has 2 rings (SSSR count). The van der Waals surface area contributed by atoms with E-state index in [2.05, 4.69) is 0 Å². The number of allylic oxidation sites excluding steroid dienone is 2. The first-order chi connectivity index (χ1) is 12.5. The van der Waals surface area contributed by atoms with Crippen molar-refractivity contribution in [2.24, 2.45) is 0 Å². The zero-order chi connectivity index (χ0) is 19.1. The third kappa shape index (κ3) is 4.51. The molecule has 8 heteroatoms. The van der Waals surface area contributed by atoms with E-state index in [1.54, 1.807) is 42.6 Å². The topological polar surface area (TPSA) is 55.8 Å². The standard InChI is InChI=1S/C18H17F2NO4S/c1-24-17(22)12-7-5-6-10-21(16(12)18(23)25-2)13-8-3-4-9-14(13)26-11-15(19)20/h3-10,15H,11H2,1-2H3. The number of para-hydroxylation sites is 1. The van der Waals surface area contributed by atoms with Crippen LogP contribution in [0.3, 0.4) is 0 Å². The monoisotopic (exact) mass is 381 g/mol. The summed E-state index contributed by atoms with van der Waals surface area (Å²) in [6.07, 6.45) is 3.71. The van der Waals surface area contributed by atoms with E-state index in [1.165, 1.54) is 25.2 Å². The van der Waals surface area contributed by atoms with Gasteiger partial charge in [-0.3, -0.25) is 0 Å². The Kier molecular flexibility index (Phi) is 6.97. The second kappa shape index (κ2) is 9.19. The van der Waals surface area contributed by atoms with Gasteiger partial charge in [0.15, 0.2) is 0 Å². The lowest BCUT2D eigenvalue weighted by Gasteiger charge is -2.25. The van der Waals surface area contributed by atoms with Crippen LogP contribution in [-0.2, 0) is 19.1 Å². The Morgan fingerprint density at radius 1 is 1.12 bits per heavy atom. The highest BCUT2D eigenvalue weighted by molar-refractivity contribution is 7.99. The second-order valence-electron chi connectivity index (χ2n) is 4.99. The maximum atomic E-state index is 12.6. The number of ether oxygens (including phenoxy) is 2. The van der Waals surface area contributed by atoms with Gasteiger partial charge in [0.1, 0.15) is 5.70 Å². The van der Waals surface area contributed by atoms with Gasteiger partial charge in [-0.15, -0.1) is 11.8 Å². The molecule has 138 valence electrons. The summed E-state index contributed by atoms with van der Waals surface area (Å²) in [5.74, 6) is -1.86. The Labute approximate surface area is 154 Å². The maximum Gasteiger partial charge on any atom is 0.355 e. The Balaban J connectivity index is 2.59. The predicted octanol–water partition coefficient (Wildman–Crippen LogP) is 3.53. The molecule has 1 aromatic carbocycles. The summed E-state index contributed by atoms with van der Waals surface area (Å²) in [6, 6.07) is 6.75. The van der Waals surface area contributed by atoms with Crippen LogP contribution >= 0.6 is 11.8 Å². The van der Waals surface area contributed by atoms with Crippen LogP contribution in [-0.4, -0.2) is 38.3 Å². The van der Waals surface area contributed by atoms with Gasteiger partial charge in [0, 0.05) is 11.1 Å². The number of thioether (sulfide) groups is 1. The van der Waals surface area contributed by atoms with Gasteiger partial charge in [0.25, 0.3) is 0 Å². The molecular weight excluding hydrogens is 364 g/mol. The summed E-state index contributed by atoms with van der Waals surface area (Å²) in [6.45, 7) is 0. The fourth-order valence-electron chi connectivity index (χ4n) is 2.28. The van der Waals surface area contributed by atoms with E-state index in [9.17, 15) is 18.4 Å². The van der Waals surface area contributed by atoms with E-state index in [4.69, 9.17) is 9.47 Å². The zero-order valence-corrected chi connectivity index (χ0v) is 15.0. The SMILES string of the molecule is COC(=O)C1=C(C(=O)OC)N(c2ccccc2SCC(F)F)C=CC=C1. The minimum Gasteiger partial charge on any atom is -0.465 e. The van der Waals surface area contributed by atoms with Crippen LogP contribution in [0.15, 0.2) is 64.9 Å². The van der Waals surface area contributed by atoms with Crippen molar-refractivity contribution in [3.8, 4) is 0 Å². The number of anilines is 1. The summed E-state index contributed by atoms with van der Waals surface area (Å²) in [5, 5.41) is 0. The lowest BCUT2D eigenvalue weighted by Crippen LogP contribution is -2.27. The van der Waals surface area contributed by atoms with E-state index in [-0.39, 0.29) is 11.3 Å². The van der Waals surface area contributed by atoms with Gasteiger partial charge >= 0.3 is 11.9 Å². The summed E-state index contributed by atoms with van der Waals surface area (Å²) >= 11 is 0.955. The van der Waals surface area contributed by atoms with E-state index in [0.717, 1.165) is 11.8 Å². The summed E-state index contributed by atoms with van der Waals surface area (Å²) in [5.41, 5.74) is 0.410. The van der Waals surface area contributed by atoms with Crippen molar-refractivity contribution in [1.82, 2.24) is 0 Å². The average molecular weight is 381 g/mol. The van der Waals surface area contributed by atoms with Gasteiger partial charge in [-0.1, -0.05) is 18.2 Å². The third-order valence-electron chi connectivity index (χ3n) is 3.38. The van der Waals surface area contributed by atoms with Gasteiger partial charge in [0.05, 0.1) is 31.2 Å². The highest BCUT2D eigenvalue weighted by Crippen LogP contribution is 2.35. The van der Waals surface area contributed by atoms with Crippen LogP contribution in [0.2, 0.25) is 0 Å². The number of benzene rings is 1. The number of carbonyl (C=O) groups excluding carboxylic acids is 2. The molecule has 1 aliphatic rings. The number of alkyl halides is 2. The van der Waals surface area contributed by atoms with E-state index >= 15 is 0 Å². The minimum absolute atomic E-state index is 0.00184. The Morgan fingerprint density at radius 3 is 2.46 bits per heavy atom. The summed E-state index contributed by atoms with van der Waals surface area (Å²) < 4.78 is 34.8. The molecule has 0 radical (unpaired) electrons. The molecular formula is C18H17F2NO4S. The molecule has 0 N–H and O–H groups in total. The molecule has 0 amide bonds. The summed E-state index contributed by atoms with van der Waals surface area (Å²) in [4.78, 5) is 26.5. The number of carbonyl (C=O) groups is 2. The van der Waals surface area contributed by atoms with Crippen molar-refractivity contribution in [3.63, 3.8) is 0 Å². The predicted molar refractivity (Wildman–Crippen MR) is 95.0 cm³/mol. The fraction of sp³-hybridized carbons (Fsp3) is 0.222. The van der Waals surface area contributed by atoms with Crippen molar-refractivity contribution >= 4 is 29.4 Å². The molecule has 0 spiro atoms. The Bertz CT molecular complexity index is 774. The van der Waals surface area contributed by atoms with Crippen molar-refractivity contribution in [2.45, 2.75) is 11.3 Å². The van der Waals surface area contributed by atoms with Crippen molar-refractivity contribution < 1.29 is 27.8 Å². The molecule has 5 nitrogen and oxygen atoms in total. The molecule has 0 fully saturated rings. The smallest absolute Gasteiger partial charge is 0.355 e. The number of hydrogen-bond donors (Lipinski definition) is 0. The molecule has 1 aliphatic heterocycles. The molecule has 0 unspecified atom stereocenters. The Hall–Kier alpha value is -2.61. The quantitative estimate of drug-likeness (QED) is 0.555. The van der Waals surface area contributed by atoms with Crippen molar-refractivity contribution in [2.75, 3.05) is 24.9 Å². The zero-order valence-electron chi connectivity index (χ0n) is 14.1. The van der Waals surface area contributed by atoms with Gasteiger partial charge < -0.3 is 14.4 Å². The minimum atomic E-state index is -2.48. The second-order valence-corrected chi connectivity index (χ2v) is 6.05. The van der Waals surface area contributed by atoms with Gasteiger partial charge in [-0.2, -0.15) is 0 Å². The van der Waals surface area contributed by atoms with E-state index in [0.29, 0.717) is 10.6 Å². The normalized spacial score (nSPS) is 13.8. The average Bonchev–Trinajstić information content (AvgIpc) is 2.88. The number of methoxy groups -OCH3 is 2. The number of nitrogens with zero attached hydrogens (tertiary/aromatic N) is 1. The van der Waals surface area contributed by atoms with Crippen molar-refractivity contribution in [1.29, 1.82) is 0 Å². The third-order valence-corrected chi connectivity index (χ3v) is 4.45. The van der Waals surface area contributed by atoms with Crippen LogP contribution in [0.1, 0.15) is 0 Å². The van der Waals surface area contributed by atoms with Crippen molar-refractivity contribution in [3.05, 3.63) is 60.0 Å². The first-order valence-corrected chi connectivity index (χ1v) is 8.53. The van der Waals surface area contributed by atoms with E-state index in [1.807, 2.05) is 0 Å². The van der Waals surface area contributed by atoms with Crippen LogP contribution in [0.4, 0.5) is 14.5 Å². The molecule has 0 saturated carbocycles. The van der Waals surface area contributed by atoms with E-state index < -0.39 is 24.1 Å². The van der Waals surface area contributed by atoms with Crippen LogP contribution < -0.4 is 4.90 Å². The van der Waals surface area contributed by atoms with Gasteiger partial charge in [0.2, 0.25) is 6.43 Å². The molecule has 0 aliphatic carbocycles. The molecule has 0 bridgehead atoms. The lowest BCUT2D eigenvalue weighted by atomic mass is 10.1. The molecule has 0 saturated heterocycles. The molecule has 1 heterocycles. The molecule has 0 aromatic heterocycles. The lowest BCUT2D eigenvalue weighted by molar-refractivity contribution is -0.139. The number of esters is 2.